The van der Waals surface area contributed by atoms with Crippen LogP contribution in [0.4, 0.5) is 10.1 Å². The number of hydrogen-bond donors (Lipinski definition) is 1. The summed E-state index contributed by atoms with van der Waals surface area (Å²) in [5.74, 6) is 0.254. The van der Waals surface area contributed by atoms with Crippen LogP contribution in [-0.4, -0.2) is 32.3 Å². The van der Waals surface area contributed by atoms with Gasteiger partial charge < -0.3 is 9.64 Å². The first-order chi connectivity index (χ1) is 13.1. The predicted octanol–water partition coefficient (Wildman–Crippen LogP) is 3.44. The Kier molecular flexibility index (Phi) is 6.06. The fourth-order valence-corrected chi connectivity index (χ4v) is 3.16. The van der Waals surface area contributed by atoms with Crippen molar-refractivity contribution in [1.82, 2.24) is 5.43 Å². The number of anilines is 1. The highest BCUT2D eigenvalue weighted by atomic mass is 19.1. The molecule has 2 aromatic carbocycles. The van der Waals surface area contributed by atoms with Crippen LogP contribution in [-0.2, 0) is 11.2 Å². The van der Waals surface area contributed by atoms with Gasteiger partial charge in [0.15, 0.2) is 0 Å². The van der Waals surface area contributed by atoms with Crippen LogP contribution in [0.2, 0.25) is 0 Å². The van der Waals surface area contributed by atoms with Crippen molar-refractivity contribution in [2.24, 2.45) is 5.10 Å². The van der Waals surface area contributed by atoms with Crippen molar-refractivity contribution in [3.8, 4) is 5.75 Å². The SMILES string of the molecule is COc1ccc(CC(=O)N/N=C/c2cc(F)c(N3CCCC3)cc2C)cc1. The number of methoxy groups -OCH3 is 1. The number of rotatable bonds is 6. The number of hydrogen-bond acceptors (Lipinski definition) is 4. The zero-order chi connectivity index (χ0) is 19.2. The van der Waals surface area contributed by atoms with Crippen molar-refractivity contribution in [2.75, 3.05) is 25.1 Å². The van der Waals surface area contributed by atoms with Crippen LogP contribution in [0.3, 0.4) is 0 Å². The number of nitrogens with one attached hydrogen (secondary N) is 1. The van der Waals surface area contributed by atoms with E-state index in [0.717, 1.165) is 42.8 Å². The molecular weight excluding hydrogens is 345 g/mol. The largest absolute Gasteiger partial charge is 0.497 e. The van der Waals surface area contributed by atoms with Gasteiger partial charge in [0.1, 0.15) is 11.6 Å². The average molecular weight is 369 g/mol. The molecule has 142 valence electrons. The topological polar surface area (TPSA) is 53.9 Å². The molecule has 0 bridgehead atoms. The summed E-state index contributed by atoms with van der Waals surface area (Å²) in [6, 6.07) is 10.6. The lowest BCUT2D eigenvalue weighted by Gasteiger charge is -2.19. The van der Waals surface area contributed by atoms with Gasteiger partial charge in [-0.15, -0.1) is 0 Å². The van der Waals surface area contributed by atoms with Crippen LogP contribution in [0, 0.1) is 12.7 Å². The predicted molar refractivity (Wildman–Crippen MR) is 105 cm³/mol. The van der Waals surface area contributed by atoms with Crippen LogP contribution < -0.4 is 15.1 Å². The van der Waals surface area contributed by atoms with Gasteiger partial charge in [0.25, 0.3) is 0 Å². The zero-order valence-corrected chi connectivity index (χ0v) is 15.7. The molecule has 1 N–H and O–H groups in total. The van der Waals surface area contributed by atoms with E-state index in [1.807, 2.05) is 25.1 Å². The van der Waals surface area contributed by atoms with Crippen LogP contribution in [0.5, 0.6) is 5.75 Å². The summed E-state index contributed by atoms with van der Waals surface area (Å²) in [5.41, 5.74) is 5.57. The minimum atomic E-state index is -0.256. The highest BCUT2D eigenvalue weighted by molar-refractivity contribution is 5.85. The van der Waals surface area contributed by atoms with Crippen molar-refractivity contribution in [3.05, 3.63) is 58.9 Å². The quantitative estimate of drug-likeness (QED) is 0.627. The molecule has 0 aromatic heterocycles. The summed E-state index contributed by atoms with van der Waals surface area (Å²) in [7, 11) is 1.60. The lowest BCUT2D eigenvalue weighted by atomic mass is 10.1. The standard InChI is InChI=1S/C21H24FN3O2/c1-15-11-20(25-9-3-4-10-25)19(22)13-17(15)14-23-24-21(26)12-16-5-7-18(27-2)8-6-16/h5-8,11,13-14H,3-4,9-10,12H2,1-2H3,(H,24,26)/b23-14+. The van der Waals surface area contributed by atoms with E-state index >= 15 is 0 Å². The number of benzene rings is 2. The second-order valence-corrected chi connectivity index (χ2v) is 6.67. The molecule has 1 aliphatic rings. The third-order valence-corrected chi connectivity index (χ3v) is 4.70. The molecule has 0 saturated carbocycles. The van der Waals surface area contributed by atoms with Crippen molar-refractivity contribution in [3.63, 3.8) is 0 Å². The molecule has 27 heavy (non-hydrogen) atoms. The maximum absolute atomic E-state index is 14.4. The number of halogens is 1. The van der Waals surface area contributed by atoms with Crippen LogP contribution in [0.1, 0.15) is 29.5 Å². The van der Waals surface area contributed by atoms with Gasteiger partial charge in [-0.25, -0.2) is 9.82 Å². The Bertz CT molecular complexity index is 828. The van der Waals surface area contributed by atoms with E-state index in [0.29, 0.717) is 11.3 Å². The average Bonchev–Trinajstić information content (AvgIpc) is 3.19. The fourth-order valence-electron chi connectivity index (χ4n) is 3.16. The molecule has 0 atom stereocenters. The molecule has 0 aliphatic carbocycles. The fraction of sp³-hybridized carbons (Fsp3) is 0.333. The smallest absolute Gasteiger partial charge is 0.244 e. The van der Waals surface area contributed by atoms with Gasteiger partial charge >= 0.3 is 0 Å². The van der Waals surface area contributed by atoms with Gasteiger partial charge in [0.2, 0.25) is 5.91 Å². The molecule has 0 radical (unpaired) electrons. The molecule has 6 heteroatoms. The minimum absolute atomic E-state index is 0.211. The second kappa shape index (κ2) is 8.66. The Labute approximate surface area is 158 Å². The third-order valence-electron chi connectivity index (χ3n) is 4.70. The van der Waals surface area contributed by atoms with E-state index in [-0.39, 0.29) is 18.1 Å². The minimum Gasteiger partial charge on any atom is -0.497 e. The van der Waals surface area contributed by atoms with Crippen LogP contribution >= 0.6 is 0 Å². The Morgan fingerprint density at radius 3 is 2.63 bits per heavy atom. The van der Waals surface area contributed by atoms with Gasteiger partial charge in [0, 0.05) is 18.7 Å². The maximum atomic E-state index is 14.4. The number of hydrazone groups is 1. The van der Waals surface area contributed by atoms with Crippen molar-refractivity contribution in [1.29, 1.82) is 0 Å². The Balaban J connectivity index is 1.60. The number of amides is 1. The summed E-state index contributed by atoms with van der Waals surface area (Å²) < 4.78 is 19.5. The number of carbonyl (C=O) groups is 1. The first-order valence-corrected chi connectivity index (χ1v) is 9.07. The van der Waals surface area contributed by atoms with E-state index in [4.69, 9.17) is 4.74 Å². The summed E-state index contributed by atoms with van der Waals surface area (Å²) in [4.78, 5) is 14.1. The van der Waals surface area contributed by atoms with Crippen molar-refractivity contribution < 1.29 is 13.9 Å². The highest BCUT2D eigenvalue weighted by Gasteiger charge is 2.17. The lowest BCUT2D eigenvalue weighted by molar-refractivity contribution is -0.120. The molecule has 1 saturated heterocycles. The maximum Gasteiger partial charge on any atom is 0.244 e. The Morgan fingerprint density at radius 1 is 1.26 bits per heavy atom. The number of nitrogens with zero attached hydrogens (tertiary/aromatic N) is 2. The number of ether oxygens (including phenoxy) is 1. The molecule has 3 rings (SSSR count). The van der Waals surface area contributed by atoms with Gasteiger partial charge in [-0.05, 0) is 55.2 Å². The summed E-state index contributed by atoms with van der Waals surface area (Å²) >= 11 is 0. The molecule has 0 unspecified atom stereocenters. The number of aryl methyl sites for hydroxylation is 1. The first-order valence-electron chi connectivity index (χ1n) is 9.07. The molecule has 1 aliphatic heterocycles. The molecule has 1 heterocycles. The zero-order valence-electron chi connectivity index (χ0n) is 15.7. The molecule has 1 amide bonds. The molecule has 2 aromatic rings. The van der Waals surface area contributed by atoms with Gasteiger partial charge in [-0.2, -0.15) is 5.10 Å². The molecule has 5 nitrogen and oxygen atoms in total. The van der Waals surface area contributed by atoms with Crippen LogP contribution in [0.25, 0.3) is 0 Å². The molecule has 1 fully saturated rings. The molecular formula is C21H24FN3O2. The Morgan fingerprint density at radius 2 is 1.96 bits per heavy atom. The van der Waals surface area contributed by atoms with E-state index in [2.05, 4.69) is 15.4 Å². The lowest BCUT2D eigenvalue weighted by Crippen LogP contribution is -2.20. The van der Waals surface area contributed by atoms with E-state index in [1.54, 1.807) is 19.2 Å². The van der Waals surface area contributed by atoms with Gasteiger partial charge in [-0.3, -0.25) is 4.79 Å². The summed E-state index contributed by atoms with van der Waals surface area (Å²) in [5, 5.41) is 3.97. The highest BCUT2D eigenvalue weighted by Crippen LogP contribution is 2.26. The van der Waals surface area contributed by atoms with E-state index < -0.39 is 0 Å². The first kappa shape index (κ1) is 18.9. The summed E-state index contributed by atoms with van der Waals surface area (Å²) in [6.45, 7) is 3.70. The van der Waals surface area contributed by atoms with Gasteiger partial charge in [0.05, 0.1) is 25.4 Å². The second-order valence-electron chi connectivity index (χ2n) is 6.67. The van der Waals surface area contributed by atoms with Crippen molar-refractivity contribution in [2.45, 2.75) is 26.2 Å². The monoisotopic (exact) mass is 369 g/mol. The molecule has 0 spiro atoms. The van der Waals surface area contributed by atoms with Crippen LogP contribution in [0.15, 0.2) is 41.5 Å². The van der Waals surface area contributed by atoms with Gasteiger partial charge in [-0.1, -0.05) is 12.1 Å². The Hall–Kier alpha value is -2.89. The third kappa shape index (κ3) is 4.84. The summed E-state index contributed by atoms with van der Waals surface area (Å²) in [6.07, 6.45) is 3.89. The normalized spacial score (nSPS) is 14.0. The number of carbonyl (C=O) groups excluding carboxylic acids is 1. The van der Waals surface area contributed by atoms with Crippen molar-refractivity contribution >= 4 is 17.8 Å². The van der Waals surface area contributed by atoms with E-state index in [1.165, 1.54) is 12.3 Å². The van der Waals surface area contributed by atoms with E-state index in [9.17, 15) is 9.18 Å².